The molecule has 0 atom stereocenters. The maximum Gasteiger partial charge on any atom is 0.143 e. The van der Waals surface area contributed by atoms with Crippen LogP contribution in [0.5, 0.6) is 5.75 Å². The SMILES string of the molecule is COCCOc1ccc(-c2cc3c(N(C)Cc4ccccc4)ncnc3[nH]2)cc1. The molecule has 0 radical (unpaired) electrons. The highest BCUT2D eigenvalue weighted by Gasteiger charge is 2.13. The van der Waals surface area contributed by atoms with E-state index in [0.29, 0.717) is 13.2 Å². The summed E-state index contributed by atoms with van der Waals surface area (Å²) in [7, 11) is 3.71. The lowest BCUT2D eigenvalue weighted by Crippen LogP contribution is -2.17. The molecule has 0 spiro atoms. The number of hydrogen-bond donors (Lipinski definition) is 1. The van der Waals surface area contributed by atoms with Crippen LogP contribution in [0, 0.1) is 0 Å². The van der Waals surface area contributed by atoms with Crippen LogP contribution in [-0.2, 0) is 11.3 Å². The number of benzene rings is 2. The molecule has 0 saturated carbocycles. The standard InChI is InChI=1S/C23H24N4O2/c1-27(15-17-6-4-3-5-7-17)23-20-14-21(26-22(20)24-16-25-23)18-8-10-19(11-9-18)29-13-12-28-2/h3-11,14,16H,12-13,15H2,1-2H3,(H,24,25,26). The summed E-state index contributed by atoms with van der Waals surface area (Å²) < 4.78 is 10.7. The van der Waals surface area contributed by atoms with Crippen molar-refractivity contribution in [3.63, 3.8) is 0 Å². The van der Waals surface area contributed by atoms with Crippen LogP contribution < -0.4 is 9.64 Å². The average Bonchev–Trinajstić information content (AvgIpc) is 3.19. The van der Waals surface area contributed by atoms with Gasteiger partial charge in [-0.2, -0.15) is 0 Å². The number of aromatic nitrogens is 3. The van der Waals surface area contributed by atoms with E-state index in [1.54, 1.807) is 13.4 Å². The molecule has 0 saturated heterocycles. The summed E-state index contributed by atoms with van der Waals surface area (Å²) in [6.45, 7) is 1.89. The quantitative estimate of drug-likeness (QED) is 0.456. The van der Waals surface area contributed by atoms with E-state index in [0.717, 1.165) is 40.4 Å². The van der Waals surface area contributed by atoms with E-state index in [4.69, 9.17) is 9.47 Å². The van der Waals surface area contributed by atoms with Gasteiger partial charge in [-0.3, -0.25) is 0 Å². The van der Waals surface area contributed by atoms with Crippen LogP contribution in [0.25, 0.3) is 22.3 Å². The van der Waals surface area contributed by atoms with E-state index in [1.807, 2.05) is 37.4 Å². The van der Waals surface area contributed by atoms with Crippen LogP contribution in [0.2, 0.25) is 0 Å². The Balaban J connectivity index is 1.57. The fourth-order valence-corrected chi connectivity index (χ4v) is 3.29. The van der Waals surface area contributed by atoms with Gasteiger partial charge in [0.15, 0.2) is 0 Å². The van der Waals surface area contributed by atoms with Crippen molar-refractivity contribution in [2.45, 2.75) is 6.54 Å². The van der Waals surface area contributed by atoms with Crippen LogP contribution in [-0.4, -0.2) is 42.3 Å². The number of ether oxygens (including phenoxy) is 2. The van der Waals surface area contributed by atoms with Gasteiger partial charge in [-0.05, 0) is 41.5 Å². The van der Waals surface area contributed by atoms with Gasteiger partial charge in [0.1, 0.15) is 30.1 Å². The van der Waals surface area contributed by atoms with Crippen LogP contribution in [0.15, 0.2) is 67.0 Å². The van der Waals surface area contributed by atoms with Gasteiger partial charge in [0.25, 0.3) is 0 Å². The normalized spacial score (nSPS) is 11.0. The Morgan fingerprint density at radius 3 is 2.52 bits per heavy atom. The van der Waals surface area contributed by atoms with Gasteiger partial charge in [-0.1, -0.05) is 30.3 Å². The van der Waals surface area contributed by atoms with Crippen molar-refractivity contribution in [1.82, 2.24) is 15.0 Å². The number of anilines is 1. The Kier molecular flexibility index (Phi) is 5.72. The second kappa shape index (κ2) is 8.75. The molecule has 0 unspecified atom stereocenters. The second-order valence-electron chi connectivity index (χ2n) is 6.85. The zero-order valence-corrected chi connectivity index (χ0v) is 16.6. The van der Waals surface area contributed by atoms with Gasteiger partial charge in [-0.15, -0.1) is 0 Å². The Labute approximate surface area is 170 Å². The van der Waals surface area contributed by atoms with Gasteiger partial charge < -0.3 is 19.4 Å². The molecule has 1 N–H and O–H groups in total. The fourth-order valence-electron chi connectivity index (χ4n) is 3.29. The molecule has 6 nitrogen and oxygen atoms in total. The lowest BCUT2D eigenvalue weighted by atomic mass is 10.1. The van der Waals surface area contributed by atoms with Crippen LogP contribution in [0.3, 0.4) is 0 Å². The minimum absolute atomic E-state index is 0.537. The third-order valence-electron chi connectivity index (χ3n) is 4.75. The van der Waals surface area contributed by atoms with Crippen molar-refractivity contribution in [1.29, 1.82) is 0 Å². The molecule has 0 amide bonds. The van der Waals surface area contributed by atoms with E-state index in [1.165, 1.54) is 5.56 Å². The molecular weight excluding hydrogens is 364 g/mol. The number of hydrogen-bond acceptors (Lipinski definition) is 5. The molecule has 2 aromatic heterocycles. The molecule has 6 heteroatoms. The number of fused-ring (bicyclic) bond motifs is 1. The zero-order valence-electron chi connectivity index (χ0n) is 16.6. The molecule has 0 fully saturated rings. The van der Waals surface area contributed by atoms with Crippen molar-refractivity contribution >= 4 is 16.9 Å². The Bertz CT molecular complexity index is 1060. The van der Waals surface area contributed by atoms with E-state index in [-0.39, 0.29) is 0 Å². The molecule has 0 bridgehead atoms. The molecule has 148 valence electrons. The number of H-pyrrole nitrogens is 1. The predicted molar refractivity (Wildman–Crippen MR) is 115 cm³/mol. The largest absolute Gasteiger partial charge is 0.491 e. The number of rotatable bonds is 8. The van der Waals surface area contributed by atoms with E-state index in [2.05, 4.69) is 50.2 Å². The molecule has 4 rings (SSSR count). The fraction of sp³-hybridized carbons (Fsp3) is 0.217. The molecular formula is C23H24N4O2. The van der Waals surface area contributed by atoms with Crippen molar-refractivity contribution in [2.75, 3.05) is 32.3 Å². The van der Waals surface area contributed by atoms with E-state index >= 15 is 0 Å². The first-order valence-corrected chi connectivity index (χ1v) is 9.55. The lowest BCUT2D eigenvalue weighted by molar-refractivity contribution is 0.146. The minimum Gasteiger partial charge on any atom is -0.491 e. The number of nitrogens with one attached hydrogen (secondary N) is 1. The predicted octanol–water partition coefficient (Wildman–Crippen LogP) is 4.29. The zero-order chi connectivity index (χ0) is 20.1. The first-order chi connectivity index (χ1) is 14.2. The van der Waals surface area contributed by atoms with Crippen LogP contribution in [0.4, 0.5) is 5.82 Å². The highest BCUT2D eigenvalue weighted by molar-refractivity contribution is 5.91. The average molecular weight is 388 g/mol. The molecule has 29 heavy (non-hydrogen) atoms. The first-order valence-electron chi connectivity index (χ1n) is 9.55. The summed E-state index contributed by atoms with van der Waals surface area (Å²) in [5.41, 5.74) is 4.13. The summed E-state index contributed by atoms with van der Waals surface area (Å²) >= 11 is 0. The Morgan fingerprint density at radius 2 is 1.76 bits per heavy atom. The smallest absolute Gasteiger partial charge is 0.143 e. The molecule has 2 aromatic carbocycles. The Hall–Kier alpha value is -3.38. The van der Waals surface area contributed by atoms with Gasteiger partial charge in [0, 0.05) is 26.4 Å². The minimum atomic E-state index is 0.537. The lowest BCUT2D eigenvalue weighted by Gasteiger charge is -2.18. The summed E-state index contributed by atoms with van der Waals surface area (Å²) in [4.78, 5) is 14.5. The van der Waals surface area contributed by atoms with Crippen LogP contribution in [0.1, 0.15) is 5.56 Å². The third kappa shape index (κ3) is 4.38. The monoisotopic (exact) mass is 388 g/mol. The Morgan fingerprint density at radius 1 is 0.966 bits per heavy atom. The van der Waals surface area contributed by atoms with E-state index in [9.17, 15) is 0 Å². The molecule has 0 aliphatic rings. The first kappa shape index (κ1) is 19.0. The van der Waals surface area contributed by atoms with Gasteiger partial charge in [0.2, 0.25) is 0 Å². The topological polar surface area (TPSA) is 63.3 Å². The highest BCUT2D eigenvalue weighted by atomic mass is 16.5. The number of aromatic amines is 1. The molecule has 0 aliphatic carbocycles. The van der Waals surface area contributed by atoms with Crippen molar-refractivity contribution in [2.24, 2.45) is 0 Å². The van der Waals surface area contributed by atoms with Crippen molar-refractivity contribution in [3.05, 3.63) is 72.6 Å². The molecule has 0 aliphatic heterocycles. The van der Waals surface area contributed by atoms with Crippen molar-refractivity contribution < 1.29 is 9.47 Å². The summed E-state index contributed by atoms with van der Waals surface area (Å²) in [6, 6.07) is 20.5. The van der Waals surface area contributed by atoms with Gasteiger partial charge in [0.05, 0.1) is 12.0 Å². The maximum atomic E-state index is 5.64. The maximum absolute atomic E-state index is 5.64. The number of methoxy groups -OCH3 is 1. The molecule has 4 aromatic rings. The summed E-state index contributed by atoms with van der Waals surface area (Å²) in [5.74, 6) is 1.73. The third-order valence-corrected chi connectivity index (χ3v) is 4.75. The number of nitrogens with zero attached hydrogens (tertiary/aromatic N) is 3. The van der Waals surface area contributed by atoms with Gasteiger partial charge >= 0.3 is 0 Å². The van der Waals surface area contributed by atoms with E-state index < -0.39 is 0 Å². The summed E-state index contributed by atoms with van der Waals surface area (Å²) in [6.07, 6.45) is 1.60. The van der Waals surface area contributed by atoms with Crippen molar-refractivity contribution in [3.8, 4) is 17.0 Å². The highest BCUT2D eigenvalue weighted by Crippen LogP contribution is 2.29. The molecule has 2 heterocycles. The second-order valence-corrected chi connectivity index (χ2v) is 6.85. The summed E-state index contributed by atoms with van der Waals surface area (Å²) in [5, 5.41) is 1.00. The van der Waals surface area contributed by atoms with Crippen LogP contribution >= 0.6 is 0 Å². The van der Waals surface area contributed by atoms with Gasteiger partial charge in [-0.25, -0.2) is 9.97 Å².